The van der Waals surface area contributed by atoms with Gasteiger partial charge in [0.15, 0.2) is 23.0 Å². The van der Waals surface area contributed by atoms with Gasteiger partial charge in [0.25, 0.3) is 0 Å². The summed E-state index contributed by atoms with van der Waals surface area (Å²) in [5.41, 5.74) is 8.07. The predicted molar refractivity (Wildman–Crippen MR) is 143 cm³/mol. The zero-order valence-electron chi connectivity index (χ0n) is 22.3. The Labute approximate surface area is 218 Å². The molecule has 10 nitrogen and oxygen atoms in total. The molecule has 0 saturated heterocycles. The first-order chi connectivity index (χ1) is 17.8. The van der Waals surface area contributed by atoms with Gasteiger partial charge in [-0.05, 0) is 63.1 Å². The van der Waals surface area contributed by atoms with E-state index >= 15 is 0 Å². The maximum atomic E-state index is 12.1. The third kappa shape index (κ3) is 9.14. The number of unbranched alkanes of at least 4 members (excludes halogenated alkanes) is 2. The second-order valence-corrected chi connectivity index (χ2v) is 8.16. The molecule has 2 rings (SSSR count). The summed E-state index contributed by atoms with van der Waals surface area (Å²) >= 11 is 0. The number of methoxy groups -OCH3 is 4. The zero-order valence-corrected chi connectivity index (χ0v) is 22.3. The van der Waals surface area contributed by atoms with Crippen LogP contribution in [0, 0.1) is 0 Å². The fourth-order valence-corrected chi connectivity index (χ4v) is 3.40. The van der Waals surface area contributed by atoms with Crippen LogP contribution in [-0.2, 0) is 9.59 Å². The number of hydrogen-bond donors (Lipinski definition) is 2. The first-order valence-electron chi connectivity index (χ1n) is 11.9. The molecule has 0 bridgehead atoms. The van der Waals surface area contributed by atoms with E-state index in [-0.39, 0.29) is 11.8 Å². The molecule has 2 N–H and O–H groups in total. The summed E-state index contributed by atoms with van der Waals surface area (Å²) in [6.07, 6.45) is 2.68. The minimum atomic E-state index is -0.181. The van der Waals surface area contributed by atoms with Gasteiger partial charge in [-0.15, -0.1) is 0 Å². The van der Waals surface area contributed by atoms with E-state index in [1.165, 1.54) is 0 Å². The summed E-state index contributed by atoms with van der Waals surface area (Å²) in [6, 6.07) is 10.9. The Morgan fingerprint density at radius 3 is 1.35 bits per heavy atom. The fourth-order valence-electron chi connectivity index (χ4n) is 3.40. The van der Waals surface area contributed by atoms with Crippen LogP contribution in [-0.4, -0.2) is 51.7 Å². The number of hydrogen-bond acceptors (Lipinski definition) is 8. The molecule has 0 radical (unpaired) electrons. The molecule has 0 aliphatic heterocycles. The van der Waals surface area contributed by atoms with Crippen molar-refractivity contribution in [2.45, 2.75) is 46.0 Å². The van der Waals surface area contributed by atoms with Crippen molar-refractivity contribution in [3.8, 4) is 23.0 Å². The molecule has 37 heavy (non-hydrogen) atoms. The highest BCUT2D eigenvalue weighted by Crippen LogP contribution is 2.28. The van der Waals surface area contributed by atoms with Gasteiger partial charge in [0.1, 0.15) is 0 Å². The van der Waals surface area contributed by atoms with Gasteiger partial charge >= 0.3 is 0 Å². The van der Waals surface area contributed by atoms with Crippen molar-refractivity contribution in [1.29, 1.82) is 0 Å². The number of rotatable bonds is 14. The summed E-state index contributed by atoms with van der Waals surface area (Å²) in [5, 5.41) is 8.33. The van der Waals surface area contributed by atoms with E-state index in [9.17, 15) is 9.59 Å². The SMILES string of the molecule is COc1ccc(/C(C)=N/NC(=O)CCCCCC(=O)N/N=C(\C)c2ccc(OC)c(OC)c2)cc1OC. The lowest BCUT2D eigenvalue weighted by Crippen LogP contribution is -2.19. The maximum Gasteiger partial charge on any atom is 0.240 e. The van der Waals surface area contributed by atoms with Crippen LogP contribution in [0.25, 0.3) is 0 Å². The first-order valence-corrected chi connectivity index (χ1v) is 11.9. The number of ether oxygens (including phenoxy) is 4. The molecule has 0 unspecified atom stereocenters. The summed E-state index contributed by atoms with van der Waals surface area (Å²) in [5.74, 6) is 2.06. The molecule has 0 fully saturated rings. The van der Waals surface area contributed by atoms with Crippen LogP contribution in [0.15, 0.2) is 46.6 Å². The van der Waals surface area contributed by atoms with Crippen LogP contribution in [0.3, 0.4) is 0 Å². The van der Waals surface area contributed by atoms with Crippen molar-refractivity contribution in [1.82, 2.24) is 10.9 Å². The van der Waals surface area contributed by atoms with E-state index in [0.29, 0.717) is 60.1 Å². The van der Waals surface area contributed by atoms with E-state index in [1.54, 1.807) is 66.6 Å². The van der Waals surface area contributed by atoms with Crippen molar-refractivity contribution in [2.24, 2.45) is 10.2 Å². The summed E-state index contributed by atoms with van der Waals surface area (Å²) < 4.78 is 21.1. The van der Waals surface area contributed by atoms with Crippen LogP contribution in [0.2, 0.25) is 0 Å². The zero-order chi connectivity index (χ0) is 27.2. The van der Waals surface area contributed by atoms with Gasteiger partial charge in [-0.25, -0.2) is 10.9 Å². The quantitative estimate of drug-likeness (QED) is 0.224. The highest BCUT2D eigenvalue weighted by atomic mass is 16.5. The van der Waals surface area contributed by atoms with E-state index in [0.717, 1.165) is 17.5 Å². The number of nitrogens with one attached hydrogen (secondary N) is 2. The molecule has 2 aromatic carbocycles. The Hall–Kier alpha value is -4.08. The Morgan fingerprint density at radius 1 is 0.622 bits per heavy atom. The molecular formula is C27H36N4O6. The number of benzene rings is 2. The number of carbonyl (C=O) groups excluding carboxylic acids is 2. The second kappa shape index (κ2) is 15.1. The number of carbonyl (C=O) groups is 2. The molecule has 10 heteroatoms. The van der Waals surface area contributed by atoms with Crippen molar-refractivity contribution >= 4 is 23.2 Å². The Morgan fingerprint density at radius 2 is 1.00 bits per heavy atom. The van der Waals surface area contributed by atoms with Crippen LogP contribution in [0.4, 0.5) is 0 Å². The highest BCUT2D eigenvalue weighted by molar-refractivity contribution is 6.00. The number of nitrogens with zero attached hydrogens (tertiary/aromatic N) is 2. The molecule has 0 aliphatic carbocycles. The third-order valence-electron chi connectivity index (χ3n) is 5.61. The van der Waals surface area contributed by atoms with Gasteiger partial charge in [-0.3, -0.25) is 9.59 Å². The smallest absolute Gasteiger partial charge is 0.240 e. The topological polar surface area (TPSA) is 120 Å². The standard InChI is InChI=1S/C27H36N4O6/c1-18(20-12-14-22(34-3)24(16-20)36-5)28-30-26(32)10-8-7-9-11-27(33)31-29-19(2)21-13-15-23(35-4)25(17-21)37-6/h12-17H,7-11H2,1-6H3,(H,30,32)(H,31,33)/b28-18+,29-19+. The molecule has 0 aliphatic rings. The molecular weight excluding hydrogens is 476 g/mol. The van der Waals surface area contributed by atoms with Crippen LogP contribution >= 0.6 is 0 Å². The van der Waals surface area contributed by atoms with Gasteiger partial charge in [0.05, 0.1) is 39.9 Å². The van der Waals surface area contributed by atoms with Gasteiger partial charge < -0.3 is 18.9 Å². The van der Waals surface area contributed by atoms with E-state index in [4.69, 9.17) is 18.9 Å². The third-order valence-corrected chi connectivity index (χ3v) is 5.61. The van der Waals surface area contributed by atoms with Crippen molar-refractivity contribution in [3.05, 3.63) is 47.5 Å². The van der Waals surface area contributed by atoms with Gasteiger partial charge in [0.2, 0.25) is 11.8 Å². The average Bonchev–Trinajstić information content (AvgIpc) is 2.93. The molecule has 0 atom stereocenters. The molecule has 0 aromatic heterocycles. The summed E-state index contributed by atoms with van der Waals surface area (Å²) in [7, 11) is 6.27. The van der Waals surface area contributed by atoms with E-state index in [1.807, 2.05) is 12.1 Å². The molecule has 200 valence electrons. The molecule has 2 aromatic rings. The van der Waals surface area contributed by atoms with E-state index < -0.39 is 0 Å². The van der Waals surface area contributed by atoms with E-state index in [2.05, 4.69) is 21.1 Å². The average molecular weight is 513 g/mol. The molecule has 0 saturated carbocycles. The Kier molecular flexibility index (Phi) is 11.9. The largest absolute Gasteiger partial charge is 0.493 e. The lowest BCUT2D eigenvalue weighted by Gasteiger charge is -2.09. The van der Waals surface area contributed by atoms with Gasteiger partial charge in [0, 0.05) is 24.0 Å². The fraction of sp³-hybridized carbons (Fsp3) is 0.407. The monoisotopic (exact) mass is 512 g/mol. The highest BCUT2D eigenvalue weighted by Gasteiger charge is 2.09. The first kappa shape index (κ1) is 29.2. The van der Waals surface area contributed by atoms with Crippen LogP contribution in [0.1, 0.15) is 57.1 Å². The number of amides is 2. The molecule has 0 heterocycles. The minimum Gasteiger partial charge on any atom is -0.493 e. The normalized spacial score (nSPS) is 11.5. The maximum absolute atomic E-state index is 12.1. The van der Waals surface area contributed by atoms with Gasteiger partial charge in [-0.1, -0.05) is 6.42 Å². The second-order valence-electron chi connectivity index (χ2n) is 8.16. The Bertz CT molecular complexity index is 1040. The summed E-state index contributed by atoms with van der Waals surface area (Å²) in [4.78, 5) is 24.2. The minimum absolute atomic E-state index is 0.181. The summed E-state index contributed by atoms with van der Waals surface area (Å²) in [6.45, 7) is 3.60. The van der Waals surface area contributed by atoms with Crippen molar-refractivity contribution < 1.29 is 28.5 Å². The van der Waals surface area contributed by atoms with Gasteiger partial charge in [-0.2, -0.15) is 10.2 Å². The Balaban J connectivity index is 1.70. The van der Waals surface area contributed by atoms with Crippen molar-refractivity contribution in [2.75, 3.05) is 28.4 Å². The van der Waals surface area contributed by atoms with Crippen molar-refractivity contribution in [3.63, 3.8) is 0 Å². The predicted octanol–water partition coefficient (Wildman–Crippen LogP) is 4.05. The number of hydrazone groups is 2. The van der Waals surface area contributed by atoms with Crippen LogP contribution in [0.5, 0.6) is 23.0 Å². The molecule has 2 amide bonds. The lowest BCUT2D eigenvalue weighted by molar-refractivity contribution is -0.121. The molecule has 0 spiro atoms. The lowest BCUT2D eigenvalue weighted by atomic mass is 10.1. The van der Waals surface area contributed by atoms with Crippen LogP contribution < -0.4 is 29.8 Å².